The van der Waals surface area contributed by atoms with E-state index in [4.69, 9.17) is 4.55 Å². The van der Waals surface area contributed by atoms with Crippen LogP contribution in [0.25, 0.3) is 0 Å². The Morgan fingerprint density at radius 2 is 1.93 bits per heavy atom. The first-order chi connectivity index (χ1) is 6.74. The Labute approximate surface area is 90.5 Å². The summed E-state index contributed by atoms with van der Waals surface area (Å²) < 4.78 is 29.2. The van der Waals surface area contributed by atoms with Crippen LogP contribution in [0.15, 0.2) is 12.2 Å². The predicted molar refractivity (Wildman–Crippen MR) is 58.1 cm³/mol. The Kier molecular flexibility index (Phi) is 5.53. The molecule has 15 heavy (non-hydrogen) atoms. The van der Waals surface area contributed by atoms with Gasteiger partial charge in [-0.1, -0.05) is 6.58 Å². The molecule has 5 nitrogen and oxygen atoms in total. The summed E-state index contributed by atoms with van der Waals surface area (Å²) in [5.74, 6) is -0.413. The summed E-state index contributed by atoms with van der Waals surface area (Å²) >= 11 is 0. The van der Waals surface area contributed by atoms with E-state index in [-0.39, 0.29) is 11.7 Å². The van der Waals surface area contributed by atoms with Crippen LogP contribution < -0.4 is 0 Å². The van der Waals surface area contributed by atoms with Crippen molar-refractivity contribution in [3.63, 3.8) is 0 Å². The average molecular weight is 235 g/mol. The summed E-state index contributed by atoms with van der Waals surface area (Å²) in [7, 11) is -2.25. The summed E-state index contributed by atoms with van der Waals surface area (Å²) in [5, 5.41) is 0. The lowest BCUT2D eigenvalue weighted by atomic mass is 10.2. The topological polar surface area (TPSA) is 74.7 Å². The first-order valence-corrected chi connectivity index (χ1v) is 6.21. The molecule has 0 spiro atoms. The number of nitrogens with zero attached hydrogens (tertiary/aromatic N) is 1. The van der Waals surface area contributed by atoms with Gasteiger partial charge in [-0.3, -0.25) is 9.35 Å². The van der Waals surface area contributed by atoms with Crippen LogP contribution >= 0.6 is 0 Å². The second kappa shape index (κ2) is 5.87. The zero-order chi connectivity index (χ0) is 12.1. The number of rotatable bonds is 6. The van der Waals surface area contributed by atoms with Gasteiger partial charge in [0.1, 0.15) is 0 Å². The van der Waals surface area contributed by atoms with E-state index in [9.17, 15) is 13.2 Å². The molecular formula is C9H17NO4S. The predicted octanol–water partition coefficient (Wildman–Crippen LogP) is 0.689. The smallest absolute Gasteiger partial charge is 0.264 e. The van der Waals surface area contributed by atoms with Gasteiger partial charge in [-0.05, 0) is 19.8 Å². The molecule has 0 aromatic rings. The molecule has 0 bridgehead atoms. The minimum atomic E-state index is -3.88. The number of amides is 1. The van der Waals surface area contributed by atoms with Gasteiger partial charge in [0, 0.05) is 19.2 Å². The third kappa shape index (κ3) is 7.10. The monoisotopic (exact) mass is 235 g/mol. The van der Waals surface area contributed by atoms with Crippen molar-refractivity contribution in [3.05, 3.63) is 12.2 Å². The van der Waals surface area contributed by atoms with Crippen molar-refractivity contribution in [1.82, 2.24) is 4.90 Å². The maximum absolute atomic E-state index is 11.3. The molecule has 0 unspecified atom stereocenters. The third-order valence-electron chi connectivity index (χ3n) is 1.86. The van der Waals surface area contributed by atoms with Crippen molar-refractivity contribution in [2.24, 2.45) is 0 Å². The van der Waals surface area contributed by atoms with E-state index in [1.165, 1.54) is 4.90 Å². The first-order valence-electron chi connectivity index (χ1n) is 4.60. The van der Waals surface area contributed by atoms with Crippen molar-refractivity contribution in [2.75, 3.05) is 19.3 Å². The normalized spacial score (nSPS) is 11.1. The molecule has 6 heteroatoms. The summed E-state index contributed by atoms with van der Waals surface area (Å²) in [6.45, 7) is 5.60. The van der Waals surface area contributed by atoms with E-state index >= 15 is 0 Å². The SMILES string of the molecule is C=C(C)C(=O)N(C)CCCCS(=O)(=O)O. The lowest BCUT2D eigenvalue weighted by Crippen LogP contribution is -2.28. The van der Waals surface area contributed by atoms with Crippen LogP contribution in [-0.4, -0.2) is 43.1 Å². The average Bonchev–Trinajstić information content (AvgIpc) is 2.09. The number of hydrogen-bond acceptors (Lipinski definition) is 3. The molecule has 0 rings (SSSR count). The number of likely N-dealkylation sites (N-methyl/N-ethyl adjacent to an activating group) is 1. The highest BCUT2D eigenvalue weighted by Gasteiger charge is 2.09. The van der Waals surface area contributed by atoms with Gasteiger partial charge in [0.25, 0.3) is 10.1 Å². The molecule has 0 atom stereocenters. The molecule has 0 aliphatic heterocycles. The fourth-order valence-corrected chi connectivity index (χ4v) is 1.63. The molecule has 0 fully saturated rings. The van der Waals surface area contributed by atoms with E-state index in [1.807, 2.05) is 0 Å². The standard InChI is InChI=1S/C9H17NO4S/c1-8(2)9(11)10(3)6-4-5-7-15(12,13)14/h1,4-7H2,2-3H3,(H,12,13,14). The summed E-state index contributed by atoms with van der Waals surface area (Å²) in [6, 6.07) is 0. The molecule has 0 aromatic carbocycles. The Bertz CT molecular complexity index is 334. The molecule has 0 saturated heterocycles. The Morgan fingerprint density at radius 3 is 2.33 bits per heavy atom. The van der Waals surface area contributed by atoms with Gasteiger partial charge in [-0.2, -0.15) is 8.42 Å². The van der Waals surface area contributed by atoms with Crippen molar-refractivity contribution >= 4 is 16.0 Å². The van der Waals surface area contributed by atoms with Gasteiger partial charge in [0.05, 0.1) is 5.75 Å². The van der Waals surface area contributed by atoms with E-state index in [2.05, 4.69) is 6.58 Å². The fraction of sp³-hybridized carbons (Fsp3) is 0.667. The maximum atomic E-state index is 11.3. The summed E-state index contributed by atoms with van der Waals surface area (Å²) in [4.78, 5) is 12.8. The second-order valence-electron chi connectivity index (χ2n) is 3.50. The van der Waals surface area contributed by atoms with Crippen molar-refractivity contribution < 1.29 is 17.8 Å². The zero-order valence-electron chi connectivity index (χ0n) is 9.06. The molecule has 0 heterocycles. The van der Waals surface area contributed by atoms with Crippen LogP contribution in [0.1, 0.15) is 19.8 Å². The lowest BCUT2D eigenvalue weighted by molar-refractivity contribution is -0.125. The number of carbonyl (C=O) groups is 1. The summed E-state index contributed by atoms with van der Waals surface area (Å²) in [6.07, 6.45) is 0.877. The molecule has 1 N–H and O–H groups in total. The van der Waals surface area contributed by atoms with Crippen LogP contribution in [0.2, 0.25) is 0 Å². The molecule has 0 aromatic heterocycles. The van der Waals surface area contributed by atoms with E-state index in [0.717, 1.165) is 0 Å². The van der Waals surface area contributed by atoms with Crippen molar-refractivity contribution in [2.45, 2.75) is 19.8 Å². The Balaban J connectivity index is 3.79. The van der Waals surface area contributed by atoms with Crippen molar-refractivity contribution in [3.8, 4) is 0 Å². The van der Waals surface area contributed by atoms with Gasteiger partial charge in [-0.15, -0.1) is 0 Å². The van der Waals surface area contributed by atoms with Gasteiger partial charge >= 0.3 is 0 Å². The fourth-order valence-electron chi connectivity index (χ4n) is 1.06. The highest BCUT2D eigenvalue weighted by atomic mass is 32.2. The number of unbranched alkanes of at least 4 members (excludes halogenated alkanes) is 1. The third-order valence-corrected chi connectivity index (χ3v) is 2.66. The Morgan fingerprint density at radius 1 is 1.40 bits per heavy atom. The van der Waals surface area contributed by atoms with Gasteiger partial charge in [0.2, 0.25) is 5.91 Å². The molecular weight excluding hydrogens is 218 g/mol. The van der Waals surface area contributed by atoms with Crippen LogP contribution in [0.3, 0.4) is 0 Å². The zero-order valence-corrected chi connectivity index (χ0v) is 9.88. The van der Waals surface area contributed by atoms with Gasteiger partial charge < -0.3 is 4.90 Å². The highest BCUT2D eigenvalue weighted by molar-refractivity contribution is 7.85. The number of carbonyl (C=O) groups excluding carboxylic acids is 1. The van der Waals surface area contributed by atoms with Crippen LogP contribution in [0.4, 0.5) is 0 Å². The summed E-state index contributed by atoms with van der Waals surface area (Å²) in [5.41, 5.74) is 0.451. The van der Waals surface area contributed by atoms with E-state index in [0.29, 0.717) is 25.0 Å². The molecule has 0 radical (unpaired) electrons. The van der Waals surface area contributed by atoms with E-state index < -0.39 is 10.1 Å². The molecule has 0 aliphatic rings. The lowest BCUT2D eigenvalue weighted by Gasteiger charge is -2.16. The van der Waals surface area contributed by atoms with Crippen LogP contribution in [0.5, 0.6) is 0 Å². The molecule has 1 amide bonds. The molecule has 0 saturated carbocycles. The minimum Gasteiger partial charge on any atom is -0.342 e. The molecule has 88 valence electrons. The van der Waals surface area contributed by atoms with Crippen molar-refractivity contribution in [1.29, 1.82) is 0 Å². The largest absolute Gasteiger partial charge is 0.342 e. The van der Waals surface area contributed by atoms with Crippen LogP contribution in [-0.2, 0) is 14.9 Å². The molecule has 0 aliphatic carbocycles. The van der Waals surface area contributed by atoms with E-state index in [1.54, 1.807) is 14.0 Å². The maximum Gasteiger partial charge on any atom is 0.264 e. The highest BCUT2D eigenvalue weighted by Crippen LogP contribution is 2.00. The van der Waals surface area contributed by atoms with Gasteiger partial charge in [0.15, 0.2) is 0 Å². The first kappa shape index (κ1) is 14.1. The number of hydrogen-bond donors (Lipinski definition) is 1. The second-order valence-corrected chi connectivity index (χ2v) is 5.07. The van der Waals surface area contributed by atoms with Crippen LogP contribution in [0, 0.1) is 0 Å². The van der Waals surface area contributed by atoms with Gasteiger partial charge in [-0.25, -0.2) is 0 Å². The minimum absolute atomic E-state index is 0.151. The Hall–Kier alpha value is -0.880. The quantitative estimate of drug-likeness (QED) is 0.417.